The molecule has 21 heavy (non-hydrogen) atoms. The largest absolute Gasteiger partial charge is 0.416 e. The molecule has 0 fully saturated rings. The summed E-state index contributed by atoms with van der Waals surface area (Å²) in [5, 5.41) is 12.5. The lowest BCUT2D eigenvalue weighted by Crippen LogP contribution is -2.25. The lowest BCUT2D eigenvalue weighted by Gasteiger charge is -2.15. The topological polar surface area (TPSA) is 41.5 Å². The fraction of sp³-hybridized carbons (Fsp3) is 0.600. The summed E-state index contributed by atoms with van der Waals surface area (Å²) in [5.41, 5.74) is -0.154. The fourth-order valence-electron chi connectivity index (χ4n) is 1.80. The van der Waals surface area contributed by atoms with E-state index in [4.69, 9.17) is 4.74 Å². The van der Waals surface area contributed by atoms with Crippen molar-refractivity contribution in [3.8, 4) is 0 Å². The van der Waals surface area contributed by atoms with E-state index in [0.717, 1.165) is 18.9 Å². The highest BCUT2D eigenvalue weighted by Crippen LogP contribution is 2.33. The van der Waals surface area contributed by atoms with E-state index >= 15 is 0 Å². The van der Waals surface area contributed by atoms with Gasteiger partial charge in [-0.2, -0.15) is 13.2 Å². The number of benzene rings is 1. The number of ether oxygens (including phenoxy) is 1. The van der Waals surface area contributed by atoms with Crippen molar-refractivity contribution in [3.05, 3.63) is 29.3 Å². The van der Waals surface area contributed by atoms with Crippen molar-refractivity contribution < 1.29 is 23.0 Å². The number of anilines is 1. The van der Waals surface area contributed by atoms with Gasteiger partial charge < -0.3 is 15.2 Å². The van der Waals surface area contributed by atoms with Crippen LogP contribution in [0.3, 0.4) is 0 Å². The highest BCUT2D eigenvalue weighted by atomic mass is 19.4. The lowest BCUT2D eigenvalue weighted by atomic mass is 10.1. The number of aliphatic hydroxyl groups is 1. The Balaban J connectivity index is 2.48. The van der Waals surface area contributed by atoms with Gasteiger partial charge in [0, 0.05) is 18.8 Å². The minimum atomic E-state index is -4.37. The Morgan fingerprint density at radius 2 is 2.05 bits per heavy atom. The molecule has 0 amide bonds. The summed E-state index contributed by atoms with van der Waals surface area (Å²) < 4.78 is 43.6. The number of nitrogens with one attached hydrogen (secondary N) is 1. The summed E-state index contributed by atoms with van der Waals surface area (Å²) in [6.07, 6.45) is -3.19. The first kappa shape index (κ1) is 17.8. The summed E-state index contributed by atoms with van der Waals surface area (Å²) in [5.74, 6) is 0. The Bertz CT molecular complexity index is 435. The van der Waals surface area contributed by atoms with E-state index in [1.165, 1.54) is 13.0 Å². The number of halogens is 3. The molecule has 0 aliphatic heterocycles. The molecule has 1 atom stereocenters. The third-order valence-electron chi connectivity index (χ3n) is 3.04. The molecule has 2 N–H and O–H groups in total. The van der Waals surface area contributed by atoms with E-state index in [-0.39, 0.29) is 18.7 Å². The Morgan fingerprint density at radius 1 is 1.33 bits per heavy atom. The van der Waals surface area contributed by atoms with Crippen LogP contribution in [0.4, 0.5) is 18.9 Å². The van der Waals surface area contributed by atoms with E-state index in [0.29, 0.717) is 12.3 Å². The molecule has 0 radical (unpaired) electrons. The molecule has 6 heteroatoms. The third-order valence-corrected chi connectivity index (χ3v) is 3.04. The molecule has 1 aromatic rings. The van der Waals surface area contributed by atoms with Gasteiger partial charge in [0.1, 0.15) is 0 Å². The van der Waals surface area contributed by atoms with Crippen LogP contribution in [0.5, 0.6) is 0 Å². The van der Waals surface area contributed by atoms with Crippen molar-refractivity contribution in [1.82, 2.24) is 0 Å². The summed E-state index contributed by atoms with van der Waals surface area (Å²) in [7, 11) is 0. The van der Waals surface area contributed by atoms with E-state index in [1.807, 2.05) is 6.92 Å². The molecular weight excluding hydrogens is 283 g/mol. The molecule has 1 rings (SSSR count). The molecule has 1 aromatic carbocycles. The van der Waals surface area contributed by atoms with E-state index in [1.54, 1.807) is 6.07 Å². The first-order chi connectivity index (χ1) is 9.84. The second-order valence-electron chi connectivity index (χ2n) is 4.99. The van der Waals surface area contributed by atoms with E-state index in [2.05, 4.69) is 5.32 Å². The van der Waals surface area contributed by atoms with Gasteiger partial charge in [0.15, 0.2) is 0 Å². The zero-order valence-electron chi connectivity index (χ0n) is 12.3. The minimum Gasteiger partial charge on any atom is -0.389 e. The number of hydrogen-bond acceptors (Lipinski definition) is 3. The standard InChI is InChI=1S/C15H22F3NO2/c1-3-4-7-21-10-13(20)9-19-12-6-5-11(2)14(8-12)15(16,17)18/h5-6,8,13,19-20H,3-4,7,9-10H2,1-2H3. The van der Waals surface area contributed by atoms with Gasteiger partial charge in [-0.05, 0) is 31.0 Å². The number of alkyl halides is 3. The van der Waals surface area contributed by atoms with E-state index in [9.17, 15) is 18.3 Å². The van der Waals surface area contributed by atoms with Gasteiger partial charge in [0.2, 0.25) is 0 Å². The fourth-order valence-corrected chi connectivity index (χ4v) is 1.80. The summed E-state index contributed by atoms with van der Waals surface area (Å²) >= 11 is 0. The predicted octanol–water partition coefficient (Wildman–Crippen LogP) is 3.60. The highest BCUT2D eigenvalue weighted by molar-refractivity contribution is 5.49. The quantitative estimate of drug-likeness (QED) is 0.721. The lowest BCUT2D eigenvalue weighted by molar-refractivity contribution is -0.138. The van der Waals surface area contributed by atoms with Gasteiger partial charge in [-0.3, -0.25) is 0 Å². The molecule has 0 aliphatic rings. The second-order valence-corrected chi connectivity index (χ2v) is 4.99. The molecule has 0 heterocycles. The molecule has 0 aliphatic carbocycles. The number of rotatable bonds is 8. The van der Waals surface area contributed by atoms with Gasteiger partial charge in [0.25, 0.3) is 0 Å². The van der Waals surface area contributed by atoms with Crippen molar-refractivity contribution in [2.45, 2.75) is 39.0 Å². The van der Waals surface area contributed by atoms with Crippen molar-refractivity contribution in [2.75, 3.05) is 25.1 Å². The van der Waals surface area contributed by atoms with Crippen LogP contribution in [0.15, 0.2) is 18.2 Å². The maximum atomic E-state index is 12.8. The zero-order valence-corrected chi connectivity index (χ0v) is 12.3. The Morgan fingerprint density at radius 3 is 2.67 bits per heavy atom. The van der Waals surface area contributed by atoms with Gasteiger partial charge in [-0.25, -0.2) is 0 Å². The Hall–Kier alpha value is -1.27. The summed E-state index contributed by atoms with van der Waals surface area (Å²) in [6, 6.07) is 4.03. The number of aryl methyl sites for hydroxylation is 1. The second kappa shape index (κ2) is 8.24. The number of unbranched alkanes of at least 4 members (excludes halogenated alkanes) is 1. The average Bonchev–Trinajstić information content (AvgIpc) is 2.41. The van der Waals surface area contributed by atoms with Crippen LogP contribution in [0, 0.1) is 6.92 Å². The Kier molecular flexibility index (Phi) is 6.98. The molecule has 0 saturated carbocycles. The zero-order chi connectivity index (χ0) is 15.9. The van der Waals surface area contributed by atoms with Crippen LogP contribution in [-0.4, -0.2) is 31.0 Å². The van der Waals surface area contributed by atoms with E-state index < -0.39 is 17.8 Å². The van der Waals surface area contributed by atoms with Crippen LogP contribution >= 0.6 is 0 Å². The SMILES string of the molecule is CCCCOCC(O)CNc1ccc(C)c(C(F)(F)F)c1. The monoisotopic (exact) mass is 305 g/mol. The summed E-state index contributed by atoms with van der Waals surface area (Å²) in [4.78, 5) is 0. The molecule has 0 saturated heterocycles. The predicted molar refractivity (Wildman–Crippen MR) is 76.4 cm³/mol. The van der Waals surface area contributed by atoms with Crippen molar-refractivity contribution in [1.29, 1.82) is 0 Å². The molecule has 1 unspecified atom stereocenters. The maximum Gasteiger partial charge on any atom is 0.416 e. The number of hydrogen-bond donors (Lipinski definition) is 2. The molecular formula is C15H22F3NO2. The van der Waals surface area contributed by atoms with Gasteiger partial charge >= 0.3 is 6.18 Å². The molecule has 120 valence electrons. The first-order valence-electron chi connectivity index (χ1n) is 7.02. The minimum absolute atomic E-state index is 0.145. The van der Waals surface area contributed by atoms with Crippen LogP contribution in [0.25, 0.3) is 0 Å². The molecule has 3 nitrogen and oxygen atoms in total. The smallest absolute Gasteiger partial charge is 0.389 e. The van der Waals surface area contributed by atoms with Crippen LogP contribution in [-0.2, 0) is 10.9 Å². The molecule has 0 spiro atoms. The van der Waals surface area contributed by atoms with Crippen molar-refractivity contribution in [3.63, 3.8) is 0 Å². The molecule has 0 bridgehead atoms. The first-order valence-corrected chi connectivity index (χ1v) is 7.02. The van der Waals surface area contributed by atoms with Crippen LogP contribution in [0.2, 0.25) is 0 Å². The van der Waals surface area contributed by atoms with Crippen LogP contribution in [0.1, 0.15) is 30.9 Å². The highest BCUT2D eigenvalue weighted by Gasteiger charge is 2.32. The van der Waals surface area contributed by atoms with Crippen molar-refractivity contribution >= 4 is 5.69 Å². The normalized spacial score (nSPS) is 13.2. The van der Waals surface area contributed by atoms with Crippen molar-refractivity contribution in [2.24, 2.45) is 0 Å². The Labute approximate surface area is 123 Å². The van der Waals surface area contributed by atoms with Crippen LogP contribution < -0.4 is 5.32 Å². The van der Waals surface area contributed by atoms with Gasteiger partial charge in [0.05, 0.1) is 18.3 Å². The summed E-state index contributed by atoms with van der Waals surface area (Å²) in [6.45, 7) is 4.35. The molecule has 0 aromatic heterocycles. The van der Waals surface area contributed by atoms with Gasteiger partial charge in [-0.15, -0.1) is 0 Å². The number of aliphatic hydroxyl groups excluding tert-OH is 1. The maximum absolute atomic E-state index is 12.8. The third kappa shape index (κ3) is 6.35. The average molecular weight is 305 g/mol. The van der Waals surface area contributed by atoms with Gasteiger partial charge in [-0.1, -0.05) is 19.4 Å².